The molecule has 2 unspecified atom stereocenters. The number of morpholine rings is 1. The molecule has 6 rings (SSSR count). The van der Waals surface area contributed by atoms with Crippen molar-refractivity contribution in [1.82, 2.24) is 15.1 Å². The predicted octanol–water partition coefficient (Wildman–Crippen LogP) is 8.23. The average molecular weight is 1130 g/mol. The molecule has 4 heterocycles. The molecule has 81 heavy (non-hydrogen) atoms. The average Bonchev–Trinajstić information content (AvgIpc) is 3.51. The Bertz CT molecular complexity index is 2350. The van der Waals surface area contributed by atoms with Gasteiger partial charge in [-0.3, -0.25) is 24.1 Å². The number of hydrogen-bond acceptors (Lipinski definition) is 15. The second-order valence-corrected chi connectivity index (χ2v) is 23.9. The lowest BCUT2D eigenvalue weighted by atomic mass is 9.78. The molecule has 1 aromatic rings. The number of Topliss-reactive ketones (excluding diaryl/α,β-unsaturated/α-hetero) is 3. The fourth-order valence-corrected chi connectivity index (χ4v) is 12.1. The number of ketones is 3. The summed E-state index contributed by atoms with van der Waals surface area (Å²) >= 11 is 0. The number of piperidine rings is 1. The van der Waals surface area contributed by atoms with Gasteiger partial charge in [0.2, 0.25) is 5.79 Å². The highest BCUT2D eigenvalue weighted by Crippen LogP contribution is 2.38. The van der Waals surface area contributed by atoms with Gasteiger partial charge in [0.05, 0.1) is 44.2 Å². The van der Waals surface area contributed by atoms with Crippen LogP contribution in [-0.4, -0.2) is 163 Å². The zero-order valence-corrected chi connectivity index (χ0v) is 49.6. The van der Waals surface area contributed by atoms with Crippen LogP contribution in [0.5, 0.6) is 0 Å². The van der Waals surface area contributed by atoms with Gasteiger partial charge in [-0.1, -0.05) is 101 Å². The molecule has 14 atom stereocenters. The quantitative estimate of drug-likeness (QED) is 0.102. The molecule has 0 radical (unpaired) electrons. The zero-order valence-electron chi connectivity index (χ0n) is 49.6. The number of aliphatic hydroxyl groups is 2. The van der Waals surface area contributed by atoms with Crippen LogP contribution in [0, 0.1) is 35.5 Å². The Kier molecular flexibility index (Phi) is 26.0. The maximum Gasteiger partial charge on any atom is 0.407 e. The monoisotopic (exact) mass is 1130 g/mol. The highest BCUT2D eigenvalue weighted by molar-refractivity contribution is 6.39. The van der Waals surface area contributed by atoms with Gasteiger partial charge in [0.1, 0.15) is 29.8 Å². The van der Waals surface area contributed by atoms with Crippen molar-refractivity contribution in [3.05, 3.63) is 83.5 Å². The molecule has 2 amide bonds. The fourth-order valence-electron chi connectivity index (χ4n) is 12.1. The molecular formula is C64H95N3O14. The van der Waals surface area contributed by atoms with Gasteiger partial charge in [-0.15, -0.1) is 0 Å². The number of carbonyl (C=O) groups is 6. The Morgan fingerprint density at radius 1 is 0.852 bits per heavy atom. The molecule has 1 aromatic carbocycles. The van der Waals surface area contributed by atoms with E-state index in [9.17, 15) is 39.0 Å². The van der Waals surface area contributed by atoms with Crippen LogP contribution in [0.25, 0.3) is 0 Å². The van der Waals surface area contributed by atoms with Gasteiger partial charge in [-0.25, -0.2) is 9.59 Å². The first-order valence-electron chi connectivity index (χ1n) is 30.1. The Labute approximate surface area is 481 Å². The number of ether oxygens (including phenoxy) is 6. The van der Waals surface area contributed by atoms with Crippen LogP contribution in [0.15, 0.2) is 77.9 Å². The third kappa shape index (κ3) is 19.6. The molecular weight excluding hydrogens is 1030 g/mol. The number of nitrogens with one attached hydrogen (secondary N) is 1. The number of carbonyl (C=O) groups excluding carboxylic acids is 6. The minimum atomic E-state index is -2.47. The third-order valence-electron chi connectivity index (χ3n) is 17.5. The molecule has 17 heteroatoms. The normalized spacial score (nSPS) is 35.0. The van der Waals surface area contributed by atoms with Crippen molar-refractivity contribution in [2.45, 2.75) is 187 Å². The number of methoxy groups -OCH3 is 1. The summed E-state index contributed by atoms with van der Waals surface area (Å²) in [7, 11) is 1.59. The molecule has 5 aliphatic rings. The summed E-state index contributed by atoms with van der Waals surface area (Å²) in [4.78, 5) is 88.0. The molecule has 2 bridgehead atoms. The number of esters is 1. The largest absolute Gasteiger partial charge is 0.460 e. The first-order chi connectivity index (χ1) is 38.8. The number of benzene rings is 1. The topological polar surface area (TPSA) is 217 Å². The summed E-state index contributed by atoms with van der Waals surface area (Å²) in [6, 6.07) is 8.83. The number of alkyl carbamates (subject to hydrolysis) is 1. The number of allylic oxidation sites excluding steroid dienone is 6. The predicted molar refractivity (Wildman–Crippen MR) is 308 cm³/mol. The van der Waals surface area contributed by atoms with Crippen LogP contribution >= 0.6 is 0 Å². The molecule has 4 aliphatic heterocycles. The van der Waals surface area contributed by atoms with Crippen molar-refractivity contribution in [3.8, 4) is 0 Å². The van der Waals surface area contributed by atoms with Gasteiger partial charge in [0.25, 0.3) is 11.7 Å². The van der Waals surface area contributed by atoms with Gasteiger partial charge < -0.3 is 48.9 Å². The van der Waals surface area contributed by atoms with E-state index in [0.29, 0.717) is 109 Å². The lowest BCUT2D eigenvalue weighted by molar-refractivity contribution is -0.266. The number of aliphatic hydroxyl groups excluding tert-OH is 1. The molecule has 0 spiro atoms. The Hall–Kier alpha value is -4.88. The first kappa shape index (κ1) is 65.3. The minimum absolute atomic E-state index is 0.0478. The molecule has 3 saturated heterocycles. The maximum atomic E-state index is 14.7. The fraction of sp³-hybridized carbons (Fsp3) is 0.688. The summed E-state index contributed by atoms with van der Waals surface area (Å²) in [6.07, 6.45) is 12.6. The van der Waals surface area contributed by atoms with Crippen LogP contribution in [0.2, 0.25) is 0 Å². The van der Waals surface area contributed by atoms with Crippen LogP contribution in [-0.2, 0) is 58.8 Å². The molecule has 4 fully saturated rings. The summed E-state index contributed by atoms with van der Waals surface area (Å²) in [6.45, 7) is 17.5. The summed E-state index contributed by atoms with van der Waals surface area (Å²) in [5.74, 6) is -7.81. The van der Waals surface area contributed by atoms with E-state index in [4.69, 9.17) is 28.4 Å². The number of fused-ring (bicyclic) bond motifs is 3. The number of nitrogens with zero attached hydrogens (tertiary/aromatic N) is 2. The van der Waals surface area contributed by atoms with E-state index >= 15 is 0 Å². The smallest absolute Gasteiger partial charge is 0.407 e. The van der Waals surface area contributed by atoms with Crippen molar-refractivity contribution < 1.29 is 67.4 Å². The maximum absolute atomic E-state index is 14.7. The minimum Gasteiger partial charge on any atom is -0.460 e. The third-order valence-corrected chi connectivity index (χ3v) is 17.5. The highest BCUT2D eigenvalue weighted by atomic mass is 16.6. The molecule has 450 valence electrons. The van der Waals surface area contributed by atoms with Crippen molar-refractivity contribution in [2.24, 2.45) is 35.5 Å². The van der Waals surface area contributed by atoms with Gasteiger partial charge >= 0.3 is 12.1 Å². The van der Waals surface area contributed by atoms with E-state index in [1.807, 2.05) is 88.4 Å². The Morgan fingerprint density at radius 3 is 2.35 bits per heavy atom. The number of amides is 2. The van der Waals surface area contributed by atoms with E-state index in [-0.39, 0.29) is 61.0 Å². The van der Waals surface area contributed by atoms with Gasteiger partial charge in [0, 0.05) is 76.8 Å². The number of hydrogen-bond donors (Lipinski definition) is 3. The molecule has 3 N–H and O–H groups in total. The molecule has 0 aromatic heterocycles. The SMILES string of the molecule is CO[C@@H]1C[C@H](C[C@@H](C)[C@@H]2CC(=O)[C@H](C)/C=C(\C)[C@@H](O)CC(=O)[C@H](C)C[C@H](C)/C=C/C=C/C=C(\C)C(OCCc3ccccc3)C[C@@H]3CC[C@@H](C)[C@@](O)(O3)C(=O)C(=O)N3CCCCC3C(=O)O2)CC[C@H]1OC(=O)NCCN1CCOCC1. The molecule has 17 nitrogen and oxygen atoms in total. The number of cyclic esters (lactones) is 1. The second-order valence-electron chi connectivity index (χ2n) is 23.9. The highest BCUT2D eigenvalue weighted by Gasteiger charge is 2.53. The van der Waals surface area contributed by atoms with Crippen LogP contribution < -0.4 is 5.32 Å². The number of rotatable bonds is 12. The van der Waals surface area contributed by atoms with Crippen molar-refractivity contribution >= 4 is 35.3 Å². The van der Waals surface area contributed by atoms with Crippen molar-refractivity contribution in [3.63, 3.8) is 0 Å². The van der Waals surface area contributed by atoms with Crippen LogP contribution in [0.4, 0.5) is 4.79 Å². The van der Waals surface area contributed by atoms with E-state index < -0.39 is 84.0 Å². The first-order valence-corrected chi connectivity index (χ1v) is 30.1. The standard InChI is InChI=1S/C64H95N3O14/c1-42-17-11-9-12-18-43(2)57(78-32-26-49-19-13-10-14-20-49)39-51-24-22-48(7)64(75,81-51)60(71)61(72)67-28-16-15-21-52(67)62(73)79-58(41-55(70)46(5)36-45(4)54(69)40-53(68)44(3)35-42)47(6)37-50-23-25-56(59(38-50)76-8)80-63(74)65-27-29-66-30-33-77-34-31-66/h9-14,17-20,36,42,44,46-48,50-52,54,56-59,69,75H,15-16,21-35,37-41H2,1-8H3,(H,65,74)/b12-9+,17-11+,43-18+,45-36+/t42-,44-,46-,47-,48-,50+,51+,52?,54+,56-,57?,58+,59-,64-/m1/s1. The van der Waals surface area contributed by atoms with Crippen LogP contribution in [0.3, 0.4) is 0 Å². The van der Waals surface area contributed by atoms with Gasteiger partial charge in [-0.05, 0) is 119 Å². The molecule has 1 saturated carbocycles. The Balaban J connectivity index is 1.22. The zero-order chi connectivity index (χ0) is 58.6. The summed E-state index contributed by atoms with van der Waals surface area (Å²) in [5.41, 5.74) is 2.49. The van der Waals surface area contributed by atoms with E-state index in [0.717, 1.165) is 24.2 Å². The Morgan fingerprint density at radius 2 is 1.60 bits per heavy atom. The van der Waals surface area contributed by atoms with Crippen molar-refractivity contribution in [2.75, 3.05) is 59.7 Å². The second kappa shape index (κ2) is 32.3. The van der Waals surface area contributed by atoms with E-state index in [2.05, 4.69) is 10.2 Å². The van der Waals surface area contributed by atoms with E-state index in [1.165, 1.54) is 4.90 Å². The summed E-state index contributed by atoms with van der Waals surface area (Å²) in [5, 5.41) is 26.4. The van der Waals surface area contributed by atoms with Gasteiger partial charge in [0.15, 0.2) is 0 Å². The van der Waals surface area contributed by atoms with E-state index in [1.54, 1.807) is 34.0 Å². The molecule has 1 aliphatic carbocycles. The summed E-state index contributed by atoms with van der Waals surface area (Å²) < 4.78 is 36.5. The lowest BCUT2D eigenvalue weighted by Crippen LogP contribution is -2.61. The van der Waals surface area contributed by atoms with Crippen molar-refractivity contribution in [1.29, 1.82) is 0 Å². The van der Waals surface area contributed by atoms with Gasteiger partial charge in [-0.2, -0.15) is 0 Å². The van der Waals surface area contributed by atoms with Crippen LogP contribution in [0.1, 0.15) is 138 Å². The lowest BCUT2D eigenvalue weighted by Gasteiger charge is -2.43.